The van der Waals surface area contributed by atoms with Crippen LogP contribution < -0.4 is 10.6 Å². The van der Waals surface area contributed by atoms with Crippen molar-refractivity contribution in [2.45, 2.75) is 65.1 Å². The molecule has 0 spiro atoms. The largest absolute Gasteiger partial charge is 0.480 e. The highest BCUT2D eigenvalue weighted by Gasteiger charge is 2.28. The Bertz CT molecular complexity index is 435. The van der Waals surface area contributed by atoms with Crippen LogP contribution in [0.2, 0.25) is 0 Å². The average molecular weight is 362 g/mol. The molecule has 0 aliphatic rings. The number of alkyl carbamates (subject to hydrolysis) is 1. The molecule has 0 aliphatic heterocycles. The van der Waals surface area contributed by atoms with Crippen LogP contribution in [0, 0.1) is 5.92 Å². The summed E-state index contributed by atoms with van der Waals surface area (Å²) in [6, 6.07) is -1.81. The van der Waals surface area contributed by atoms with Crippen LogP contribution in [-0.4, -0.2) is 52.8 Å². The zero-order valence-electron chi connectivity index (χ0n) is 15.3. The van der Waals surface area contributed by atoms with Gasteiger partial charge in [-0.05, 0) is 51.5 Å². The lowest BCUT2D eigenvalue weighted by Gasteiger charge is -2.24. The number of carboxylic acids is 1. The van der Waals surface area contributed by atoms with E-state index in [1.165, 1.54) is 11.8 Å². The highest BCUT2D eigenvalue weighted by Crippen LogP contribution is 2.09. The van der Waals surface area contributed by atoms with Gasteiger partial charge in [-0.1, -0.05) is 13.8 Å². The van der Waals surface area contributed by atoms with E-state index in [-0.39, 0.29) is 5.92 Å². The van der Waals surface area contributed by atoms with E-state index in [1.54, 1.807) is 20.8 Å². The van der Waals surface area contributed by atoms with Gasteiger partial charge in [0.1, 0.15) is 17.7 Å². The summed E-state index contributed by atoms with van der Waals surface area (Å²) in [5, 5.41) is 14.3. The van der Waals surface area contributed by atoms with Crippen molar-refractivity contribution in [2.24, 2.45) is 5.92 Å². The number of ether oxygens (including phenoxy) is 1. The van der Waals surface area contributed by atoms with E-state index in [0.717, 1.165) is 0 Å². The summed E-state index contributed by atoms with van der Waals surface area (Å²) in [6.07, 6.45) is 1.91. The fraction of sp³-hybridized carbons (Fsp3) is 0.812. The van der Waals surface area contributed by atoms with Crippen molar-refractivity contribution in [1.29, 1.82) is 0 Å². The first-order valence-electron chi connectivity index (χ1n) is 7.98. The highest BCUT2D eigenvalue weighted by atomic mass is 32.2. The number of carbonyl (C=O) groups excluding carboxylic acids is 2. The molecule has 0 rings (SSSR count). The van der Waals surface area contributed by atoms with Crippen molar-refractivity contribution in [1.82, 2.24) is 10.6 Å². The third-order valence-corrected chi connectivity index (χ3v) is 3.58. The molecule has 0 unspecified atom stereocenters. The first-order valence-corrected chi connectivity index (χ1v) is 9.37. The van der Waals surface area contributed by atoms with Gasteiger partial charge >= 0.3 is 12.1 Å². The maximum absolute atomic E-state index is 12.4. The maximum Gasteiger partial charge on any atom is 0.408 e. The molecule has 0 bridgehead atoms. The molecule has 2 amide bonds. The van der Waals surface area contributed by atoms with E-state index in [2.05, 4.69) is 10.6 Å². The Labute approximate surface area is 148 Å². The van der Waals surface area contributed by atoms with Crippen molar-refractivity contribution in [3.63, 3.8) is 0 Å². The van der Waals surface area contributed by atoms with E-state index in [9.17, 15) is 19.5 Å². The minimum Gasteiger partial charge on any atom is -0.480 e. The van der Waals surface area contributed by atoms with Gasteiger partial charge in [0, 0.05) is 0 Å². The van der Waals surface area contributed by atoms with Crippen molar-refractivity contribution in [2.75, 3.05) is 12.0 Å². The fourth-order valence-corrected chi connectivity index (χ4v) is 2.39. The number of hydrogen-bond donors (Lipinski definition) is 3. The normalized spacial score (nSPS) is 14.0. The molecule has 24 heavy (non-hydrogen) atoms. The third kappa shape index (κ3) is 10.4. The molecule has 0 aromatic heterocycles. The van der Waals surface area contributed by atoms with Crippen LogP contribution >= 0.6 is 11.8 Å². The predicted octanol–water partition coefficient (Wildman–Crippen LogP) is 2.25. The van der Waals surface area contributed by atoms with Crippen molar-refractivity contribution >= 4 is 29.7 Å². The molecule has 7 nitrogen and oxygen atoms in total. The van der Waals surface area contributed by atoms with Crippen LogP contribution in [0.15, 0.2) is 0 Å². The van der Waals surface area contributed by atoms with E-state index >= 15 is 0 Å². The maximum atomic E-state index is 12.4. The molecule has 0 heterocycles. The third-order valence-electron chi connectivity index (χ3n) is 2.94. The Balaban J connectivity index is 4.91. The molecule has 3 N–H and O–H groups in total. The van der Waals surface area contributed by atoms with Gasteiger partial charge in [-0.3, -0.25) is 4.79 Å². The molecular formula is C16H30N2O5S. The second-order valence-electron chi connectivity index (χ2n) is 7.01. The number of carboxylic acid groups (broad SMARTS) is 1. The zero-order valence-corrected chi connectivity index (χ0v) is 16.2. The molecule has 8 heteroatoms. The van der Waals surface area contributed by atoms with Crippen LogP contribution in [0.1, 0.15) is 47.5 Å². The SMILES string of the molecule is CSCC[C@H](NC(=O)OC(C)(C)C)C(=O)N[C@@H](CC(C)C)C(=O)O. The quantitative estimate of drug-likeness (QED) is 0.581. The molecule has 0 radical (unpaired) electrons. The summed E-state index contributed by atoms with van der Waals surface area (Å²) in [5.74, 6) is -0.828. The summed E-state index contributed by atoms with van der Waals surface area (Å²) >= 11 is 1.53. The monoisotopic (exact) mass is 362 g/mol. The molecule has 0 saturated carbocycles. The molecule has 0 aromatic rings. The second-order valence-corrected chi connectivity index (χ2v) is 7.99. The molecule has 0 aromatic carbocycles. The first-order chi connectivity index (χ1) is 11.0. The number of aliphatic carboxylic acids is 1. The average Bonchev–Trinajstić information content (AvgIpc) is 2.39. The van der Waals surface area contributed by atoms with Crippen LogP contribution in [0.4, 0.5) is 4.79 Å². The Morgan fingerprint density at radius 2 is 1.71 bits per heavy atom. The van der Waals surface area contributed by atoms with Gasteiger partial charge in [-0.2, -0.15) is 11.8 Å². The van der Waals surface area contributed by atoms with Gasteiger partial charge in [-0.25, -0.2) is 9.59 Å². The lowest BCUT2D eigenvalue weighted by atomic mass is 10.0. The number of amides is 2. The van der Waals surface area contributed by atoms with E-state index in [0.29, 0.717) is 18.6 Å². The summed E-state index contributed by atoms with van der Waals surface area (Å²) in [7, 11) is 0. The van der Waals surface area contributed by atoms with E-state index < -0.39 is 35.7 Å². The fourth-order valence-electron chi connectivity index (χ4n) is 1.92. The van der Waals surface area contributed by atoms with E-state index in [4.69, 9.17) is 4.74 Å². The van der Waals surface area contributed by atoms with Crippen LogP contribution in [0.3, 0.4) is 0 Å². The molecule has 0 saturated heterocycles. The zero-order chi connectivity index (χ0) is 18.9. The number of hydrogen-bond acceptors (Lipinski definition) is 5. The predicted molar refractivity (Wildman–Crippen MR) is 95.2 cm³/mol. The number of nitrogens with one attached hydrogen (secondary N) is 2. The topological polar surface area (TPSA) is 105 Å². The molecule has 0 fully saturated rings. The molecular weight excluding hydrogens is 332 g/mol. The van der Waals surface area contributed by atoms with Crippen LogP contribution in [0.25, 0.3) is 0 Å². The van der Waals surface area contributed by atoms with E-state index in [1.807, 2.05) is 20.1 Å². The first kappa shape index (κ1) is 22.6. The Morgan fingerprint density at radius 1 is 1.12 bits per heavy atom. The van der Waals surface area contributed by atoms with Gasteiger partial charge in [0.15, 0.2) is 0 Å². The van der Waals surface area contributed by atoms with Crippen LogP contribution in [-0.2, 0) is 14.3 Å². The minimum atomic E-state index is -1.09. The van der Waals surface area contributed by atoms with Crippen molar-refractivity contribution < 1.29 is 24.2 Å². The van der Waals surface area contributed by atoms with Crippen LogP contribution in [0.5, 0.6) is 0 Å². The van der Waals surface area contributed by atoms with Crippen molar-refractivity contribution in [3.05, 3.63) is 0 Å². The lowest BCUT2D eigenvalue weighted by molar-refractivity contribution is -0.142. The molecule has 0 aliphatic carbocycles. The Hall–Kier alpha value is -1.44. The summed E-state index contributed by atoms with van der Waals surface area (Å²) < 4.78 is 5.16. The van der Waals surface area contributed by atoms with Gasteiger partial charge < -0.3 is 20.5 Å². The second kappa shape index (κ2) is 10.4. The molecule has 2 atom stereocenters. The minimum absolute atomic E-state index is 0.120. The van der Waals surface area contributed by atoms with Crippen molar-refractivity contribution in [3.8, 4) is 0 Å². The summed E-state index contributed by atoms with van der Waals surface area (Å²) in [4.78, 5) is 35.6. The lowest BCUT2D eigenvalue weighted by Crippen LogP contribution is -2.52. The number of carbonyl (C=O) groups is 3. The van der Waals surface area contributed by atoms with Gasteiger partial charge in [-0.15, -0.1) is 0 Å². The van der Waals surface area contributed by atoms with Gasteiger partial charge in [0.25, 0.3) is 0 Å². The highest BCUT2D eigenvalue weighted by molar-refractivity contribution is 7.98. The van der Waals surface area contributed by atoms with Gasteiger partial charge in [0.05, 0.1) is 0 Å². The van der Waals surface area contributed by atoms with Gasteiger partial charge in [0.2, 0.25) is 5.91 Å². The Morgan fingerprint density at radius 3 is 2.12 bits per heavy atom. The summed E-state index contributed by atoms with van der Waals surface area (Å²) in [5.41, 5.74) is -0.675. The standard InChI is InChI=1S/C16H30N2O5S/c1-10(2)9-12(14(20)21)17-13(19)11(7-8-24-6)18-15(22)23-16(3,4)5/h10-12H,7-9H2,1-6H3,(H,17,19)(H,18,22)(H,20,21)/t11-,12-/m0/s1. The smallest absolute Gasteiger partial charge is 0.408 e. The Kier molecular flexibility index (Phi) is 9.80. The number of rotatable bonds is 9. The number of thioether (sulfide) groups is 1. The summed E-state index contributed by atoms with van der Waals surface area (Å²) in [6.45, 7) is 8.95. The molecule has 140 valence electrons.